The summed E-state index contributed by atoms with van der Waals surface area (Å²) in [6, 6.07) is 20.2. The highest BCUT2D eigenvalue weighted by Gasteiger charge is 2.20. The van der Waals surface area contributed by atoms with Crippen LogP contribution < -0.4 is 15.6 Å². The van der Waals surface area contributed by atoms with Gasteiger partial charge in [0.25, 0.3) is 5.56 Å². The summed E-state index contributed by atoms with van der Waals surface area (Å²) in [5.41, 5.74) is 1.72. The normalized spacial score (nSPS) is 11.8. The first-order valence-electron chi connectivity index (χ1n) is 10.3. The van der Waals surface area contributed by atoms with Crippen LogP contribution in [0.4, 0.5) is 4.39 Å². The van der Waals surface area contributed by atoms with Crippen LogP contribution >= 0.6 is 11.8 Å². The lowest BCUT2D eigenvalue weighted by Crippen LogP contribution is -2.31. The van der Waals surface area contributed by atoms with Crippen LogP contribution in [0.5, 0.6) is 5.75 Å². The van der Waals surface area contributed by atoms with Crippen LogP contribution in [0.2, 0.25) is 0 Å². The lowest BCUT2D eigenvalue weighted by atomic mass is 10.2. The lowest BCUT2D eigenvalue weighted by molar-refractivity contribution is -0.120. The number of fused-ring (bicyclic) bond motifs is 1. The van der Waals surface area contributed by atoms with E-state index in [1.54, 1.807) is 68.6 Å². The number of rotatable bonds is 7. The fourth-order valence-electron chi connectivity index (χ4n) is 3.32. The van der Waals surface area contributed by atoms with Crippen molar-refractivity contribution in [1.82, 2.24) is 14.9 Å². The minimum Gasteiger partial charge on any atom is -0.497 e. The number of para-hydroxylation sites is 1. The van der Waals surface area contributed by atoms with E-state index < -0.39 is 5.25 Å². The van der Waals surface area contributed by atoms with Gasteiger partial charge in [-0.1, -0.05) is 42.1 Å². The fourth-order valence-corrected chi connectivity index (χ4v) is 4.27. The van der Waals surface area contributed by atoms with Crippen molar-refractivity contribution in [3.05, 3.63) is 94.5 Å². The number of hydrogen-bond donors (Lipinski definition) is 1. The first-order chi connectivity index (χ1) is 16.0. The summed E-state index contributed by atoms with van der Waals surface area (Å²) in [5.74, 6) is 0.0596. The van der Waals surface area contributed by atoms with Crippen LogP contribution in [0.25, 0.3) is 16.6 Å². The van der Waals surface area contributed by atoms with E-state index in [1.165, 1.54) is 28.5 Å². The minimum atomic E-state index is -0.532. The molecule has 0 fully saturated rings. The molecule has 0 radical (unpaired) electrons. The number of thioether (sulfide) groups is 1. The minimum absolute atomic E-state index is 0.219. The molecule has 4 aromatic rings. The van der Waals surface area contributed by atoms with Gasteiger partial charge < -0.3 is 10.1 Å². The molecule has 1 atom stereocenters. The number of carbonyl (C=O) groups is 1. The number of benzene rings is 3. The molecule has 8 heteroatoms. The second-order valence-corrected chi connectivity index (χ2v) is 8.67. The van der Waals surface area contributed by atoms with E-state index in [0.29, 0.717) is 27.5 Å². The van der Waals surface area contributed by atoms with E-state index in [9.17, 15) is 14.0 Å². The van der Waals surface area contributed by atoms with Gasteiger partial charge in [-0.05, 0) is 48.9 Å². The second-order valence-electron chi connectivity index (χ2n) is 7.36. The summed E-state index contributed by atoms with van der Waals surface area (Å²) in [4.78, 5) is 30.8. The maximum atomic E-state index is 13.4. The van der Waals surface area contributed by atoms with Gasteiger partial charge in [0.05, 0.1) is 29.0 Å². The van der Waals surface area contributed by atoms with Gasteiger partial charge in [0.15, 0.2) is 5.16 Å². The average molecular weight is 464 g/mol. The summed E-state index contributed by atoms with van der Waals surface area (Å²) in [7, 11) is 1.56. The van der Waals surface area contributed by atoms with Gasteiger partial charge in [-0.15, -0.1) is 0 Å². The number of aromatic nitrogens is 2. The van der Waals surface area contributed by atoms with E-state index in [0.717, 1.165) is 5.56 Å². The van der Waals surface area contributed by atoms with E-state index in [-0.39, 0.29) is 23.8 Å². The maximum Gasteiger partial charge on any atom is 0.266 e. The standard InChI is InChI=1S/C25H22FN3O3S/c1-16(23(30)27-15-17-10-12-18(26)13-11-17)33-25-28-22-9-4-3-8-21(22)24(31)29(25)19-6-5-7-20(14-19)32-2/h3-14,16H,15H2,1-2H3,(H,27,30). The van der Waals surface area contributed by atoms with Gasteiger partial charge in [0.2, 0.25) is 5.91 Å². The molecule has 0 aliphatic carbocycles. The van der Waals surface area contributed by atoms with Crippen molar-refractivity contribution in [3.63, 3.8) is 0 Å². The number of nitrogens with one attached hydrogen (secondary N) is 1. The third-order valence-corrected chi connectivity index (χ3v) is 6.14. The first kappa shape index (κ1) is 22.5. The van der Waals surface area contributed by atoms with Crippen molar-refractivity contribution in [2.75, 3.05) is 7.11 Å². The number of halogens is 1. The second kappa shape index (κ2) is 9.87. The number of ether oxygens (including phenoxy) is 1. The van der Waals surface area contributed by atoms with E-state index in [1.807, 2.05) is 6.07 Å². The van der Waals surface area contributed by atoms with Crippen LogP contribution in [0.3, 0.4) is 0 Å². The molecule has 1 unspecified atom stereocenters. The topological polar surface area (TPSA) is 73.2 Å². The number of carbonyl (C=O) groups excluding carboxylic acids is 1. The van der Waals surface area contributed by atoms with E-state index in [4.69, 9.17) is 4.74 Å². The predicted molar refractivity (Wildman–Crippen MR) is 127 cm³/mol. The van der Waals surface area contributed by atoms with E-state index in [2.05, 4.69) is 10.3 Å². The Hall–Kier alpha value is -3.65. The van der Waals surface area contributed by atoms with Gasteiger partial charge in [-0.25, -0.2) is 9.37 Å². The highest BCUT2D eigenvalue weighted by molar-refractivity contribution is 8.00. The average Bonchev–Trinajstić information content (AvgIpc) is 2.83. The Morgan fingerprint density at radius 3 is 2.64 bits per heavy atom. The molecule has 0 aliphatic rings. The third kappa shape index (κ3) is 5.06. The molecule has 0 saturated carbocycles. The monoisotopic (exact) mass is 463 g/mol. The quantitative estimate of drug-likeness (QED) is 0.326. The molecule has 3 aromatic carbocycles. The molecule has 4 rings (SSSR count). The first-order valence-corrected chi connectivity index (χ1v) is 11.2. The molecule has 6 nitrogen and oxygen atoms in total. The zero-order chi connectivity index (χ0) is 23.4. The zero-order valence-electron chi connectivity index (χ0n) is 18.1. The smallest absolute Gasteiger partial charge is 0.266 e. The van der Waals surface area contributed by atoms with Crippen LogP contribution in [-0.2, 0) is 11.3 Å². The van der Waals surface area contributed by atoms with Gasteiger partial charge in [-0.2, -0.15) is 0 Å². The molecule has 0 spiro atoms. The molecular weight excluding hydrogens is 441 g/mol. The van der Waals surface area contributed by atoms with Crippen molar-refractivity contribution < 1.29 is 13.9 Å². The molecule has 168 valence electrons. The number of amides is 1. The summed E-state index contributed by atoms with van der Waals surface area (Å²) >= 11 is 1.19. The molecule has 1 aromatic heterocycles. The van der Waals surface area contributed by atoms with Crippen LogP contribution in [0, 0.1) is 5.82 Å². The summed E-state index contributed by atoms with van der Waals surface area (Å²) < 4.78 is 19.9. The Kier molecular flexibility index (Phi) is 6.74. The Morgan fingerprint density at radius 2 is 1.88 bits per heavy atom. The largest absolute Gasteiger partial charge is 0.497 e. The highest BCUT2D eigenvalue weighted by Crippen LogP contribution is 2.26. The van der Waals surface area contributed by atoms with E-state index >= 15 is 0 Å². The maximum absolute atomic E-state index is 13.4. The molecule has 0 aliphatic heterocycles. The molecule has 0 bridgehead atoms. The van der Waals surface area contributed by atoms with Crippen molar-refractivity contribution in [1.29, 1.82) is 0 Å². The third-order valence-electron chi connectivity index (χ3n) is 5.09. The van der Waals surface area contributed by atoms with Gasteiger partial charge in [0, 0.05) is 12.6 Å². The Morgan fingerprint density at radius 1 is 1.12 bits per heavy atom. The Labute approximate surface area is 194 Å². The Bertz CT molecular complexity index is 1360. The molecule has 0 saturated heterocycles. The molecule has 1 amide bonds. The predicted octanol–water partition coefficient (Wildman–Crippen LogP) is 4.33. The van der Waals surface area contributed by atoms with Crippen molar-refractivity contribution in [2.24, 2.45) is 0 Å². The summed E-state index contributed by atoms with van der Waals surface area (Å²) in [5, 5.41) is 3.20. The van der Waals surface area contributed by atoms with Crippen LogP contribution in [-0.4, -0.2) is 27.8 Å². The number of hydrogen-bond acceptors (Lipinski definition) is 5. The molecular formula is C25H22FN3O3S. The van der Waals surface area contributed by atoms with Crippen molar-refractivity contribution in [3.8, 4) is 11.4 Å². The van der Waals surface area contributed by atoms with Gasteiger partial charge in [-0.3, -0.25) is 14.2 Å². The van der Waals surface area contributed by atoms with Gasteiger partial charge >= 0.3 is 0 Å². The van der Waals surface area contributed by atoms with Gasteiger partial charge in [0.1, 0.15) is 11.6 Å². The number of nitrogens with zero attached hydrogens (tertiary/aromatic N) is 2. The lowest BCUT2D eigenvalue weighted by Gasteiger charge is -2.17. The fraction of sp³-hybridized carbons (Fsp3) is 0.160. The highest BCUT2D eigenvalue weighted by atomic mass is 32.2. The SMILES string of the molecule is COc1cccc(-n2c(SC(C)C(=O)NCc3ccc(F)cc3)nc3ccccc3c2=O)c1. The molecule has 33 heavy (non-hydrogen) atoms. The zero-order valence-corrected chi connectivity index (χ0v) is 18.9. The van der Waals surface area contributed by atoms with Crippen LogP contribution in [0.15, 0.2) is 82.7 Å². The van der Waals surface area contributed by atoms with Crippen molar-refractivity contribution >= 4 is 28.6 Å². The number of methoxy groups -OCH3 is 1. The van der Waals surface area contributed by atoms with Crippen LogP contribution in [0.1, 0.15) is 12.5 Å². The Balaban J connectivity index is 1.65. The molecule has 1 heterocycles. The van der Waals surface area contributed by atoms with Crippen molar-refractivity contribution in [2.45, 2.75) is 23.9 Å². The molecule has 1 N–H and O–H groups in total. The summed E-state index contributed by atoms with van der Waals surface area (Å²) in [6.07, 6.45) is 0. The summed E-state index contributed by atoms with van der Waals surface area (Å²) in [6.45, 7) is 2.03.